The molecule has 2 aromatic rings. The molecule has 2 rings (SSSR count). The molecule has 7 heteroatoms. The van der Waals surface area contributed by atoms with Crippen LogP contribution in [0.15, 0.2) is 28.6 Å². The van der Waals surface area contributed by atoms with Crippen molar-refractivity contribution in [2.24, 2.45) is 0 Å². The summed E-state index contributed by atoms with van der Waals surface area (Å²) >= 11 is 13.6. The van der Waals surface area contributed by atoms with Crippen LogP contribution in [0.2, 0.25) is 10.0 Å². The third kappa shape index (κ3) is 3.98. The summed E-state index contributed by atoms with van der Waals surface area (Å²) in [6.07, 6.45) is 4.51. The number of nitrogens with zero attached hydrogens (tertiary/aromatic N) is 3. The van der Waals surface area contributed by atoms with Crippen LogP contribution in [-0.4, -0.2) is 21.5 Å². The number of hydrogen-bond donors (Lipinski definition) is 1. The molecule has 0 saturated heterocycles. The van der Waals surface area contributed by atoms with E-state index in [1.165, 1.54) is 11.8 Å². The average molecular weight is 329 g/mol. The number of aryl methyl sites for hydroxylation is 1. The molecule has 0 bridgehead atoms. The van der Waals surface area contributed by atoms with Gasteiger partial charge in [0.25, 0.3) is 0 Å². The largest absolute Gasteiger partial charge is 0.369 e. The van der Waals surface area contributed by atoms with Crippen LogP contribution < -0.4 is 5.32 Å². The Morgan fingerprint density at radius 2 is 1.90 bits per heavy atom. The molecule has 0 atom stereocenters. The number of anilines is 1. The third-order valence-corrected chi connectivity index (χ3v) is 3.97. The fraction of sp³-hybridized carbons (Fsp3) is 0.308. The smallest absolute Gasteiger partial charge is 0.193 e. The van der Waals surface area contributed by atoms with E-state index in [4.69, 9.17) is 23.2 Å². The summed E-state index contributed by atoms with van der Waals surface area (Å²) in [6, 6.07) is 1.69. The molecule has 0 amide bonds. The Bertz CT molecular complexity index is 590. The molecule has 0 saturated carbocycles. The molecule has 2 aromatic heterocycles. The first-order valence-corrected chi connectivity index (χ1v) is 7.73. The minimum absolute atomic E-state index is 0.492. The molecule has 1 N–H and O–H groups in total. The zero-order valence-corrected chi connectivity index (χ0v) is 13.5. The predicted octanol–water partition coefficient (Wildman–Crippen LogP) is 4.46. The summed E-state index contributed by atoms with van der Waals surface area (Å²) in [6.45, 7) is 4.82. The van der Waals surface area contributed by atoms with Crippen molar-refractivity contribution in [3.8, 4) is 0 Å². The Morgan fingerprint density at radius 1 is 1.20 bits per heavy atom. The highest BCUT2D eigenvalue weighted by molar-refractivity contribution is 7.99. The lowest BCUT2D eigenvalue weighted by atomic mass is 10.4. The van der Waals surface area contributed by atoms with Crippen molar-refractivity contribution in [2.45, 2.75) is 30.5 Å². The summed E-state index contributed by atoms with van der Waals surface area (Å²) in [4.78, 5) is 12.9. The van der Waals surface area contributed by atoms with Gasteiger partial charge in [-0.1, -0.05) is 30.1 Å². The van der Waals surface area contributed by atoms with Crippen molar-refractivity contribution in [2.75, 3.05) is 11.9 Å². The molecule has 0 fully saturated rings. The standard InChI is InChI=1S/C13H14Cl2N4S/c1-3-4-16-11-9(14)5-10(15)12(19-11)20-13-17-6-8(2)7-18-13/h5-7H,3-4H2,1-2H3,(H,16,19). The zero-order chi connectivity index (χ0) is 14.5. The minimum Gasteiger partial charge on any atom is -0.369 e. The monoisotopic (exact) mass is 328 g/mol. The van der Waals surface area contributed by atoms with Gasteiger partial charge < -0.3 is 5.32 Å². The maximum atomic E-state index is 6.17. The average Bonchev–Trinajstić information content (AvgIpc) is 2.43. The summed E-state index contributed by atoms with van der Waals surface area (Å²) in [5.41, 5.74) is 1.01. The Morgan fingerprint density at radius 3 is 2.55 bits per heavy atom. The summed E-state index contributed by atoms with van der Waals surface area (Å²) in [5, 5.41) is 5.42. The highest BCUT2D eigenvalue weighted by Crippen LogP contribution is 2.34. The Hall–Kier alpha value is -1.04. The maximum Gasteiger partial charge on any atom is 0.193 e. The lowest BCUT2D eigenvalue weighted by molar-refractivity contribution is 0.939. The third-order valence-electron chi connectivity index (χ3n) is 2.38. The lowest BCUT2D eigenvalue weighted by Crippen LogP contribution is -2.03. The van der Waals surface area contributed by atoms with Crippen molar-refractivity contribution in [1.82, 2.24) is 15.0 Å². The van der Waals surface area contributed by atoms with Gasteiger partial charge in [-0.25, -0.2) is 15.0 Å². The van der Waals surface area contributed by atoms with Crippen molar-refractivity contribution < 1.29 is 0 Å². The van der Waals surface area contributed by atoms with Crippen LogP contribution in [-0.2, 0) is 0 Å². The minimum atomic E-state index is 0.492. The predicted molar refractivity (Wildman–Crippen MR) is 83.9 cm³/mol. The van der Waals surface area contributed by atoms with Gasteiger partial charge in [0.15, 0.2) is 5.16 Å². The molecule has 0 aromatic carbocycles. The molecule has 2 heterocycles. The second-order valence-corrected chi connectivity index (χ2v) is 5.95. The van der Waals surface area contributed by atoms with Crippen LogP contribution in [0.3, 0.4) is 0 Å². The summed E-state index contributed by atoms with van der Waals surface area (Å²) in [7, 11) is 0. The number of halogens is 2. The van der Waals surface area contributed by atoms with Crippen molar-refractivity contribution >= 4 is 40.8 Å². The number of hydrogen-bond acceptors (Lipinski definition) is 5. The number of rotatable bonds is 5. The summed E-state index contributed by atoms with van der Waals surface area (Å²) in [5.74, 6) is 0.632. The van der Waals surface area contributed by atoms with Crippen LogP contribution >= 0.6 is 35.0 Å². The van der Waals surface area contributed by atoms with E-state index in [-0.39, 0.29) is 0 Å². The van der Waals surface area contributed by atoms with E-state index in [2.05, 4.69) is 27.2 Å². The van der Waals surface area contributed by atoms with Crippen LogP contribution in [0.4, 0.5) is 5.82 Å². The molecule has 0 aliphatic heterocycles. The Labute approximate surface area is 132 Å². The van der Waals surface area contributed by atoms with Gasteiger partial charge in [0.2, 0.25) is 0 Å². The normalized spacial score (nSPS) is 10.6. The van der Waals surface area contributed by atoms with E-state index >= 15 is 0 Å². The molecule has 0 aliphatic rings. The van der Waals surface area contributed by atoms with Crippen molar-refractivity contribution in [3.63, 3.8) is 0 Å². The highest BCUT2D eigenvalue weighted by atomic mass is 35.5. The number of pyridine rings is 1. The van der Waals surface area contributed by atoms with E-state index in [0.29, 0.717) is 26.0 Å². The Balaban J connectivity index is 2.24. The molecule has 0 radical (unpaired) electrons. The molecular weight excluding hydrogens is 315 g/mol. The quantitative estimate of drug-likeness (QED) is 0.821. The topological polar surface area (TPSA) is 50.7 Å². The van der Waals surface area contributed by atoms with E-state index in [0.717, 1.165) is 18.5 Å². The molecule has 0 unspecified atom stereocenters. The van der Waals surface area contributed by atoms with Gasteiger partial charge in [-0.3, -0.25) is 0 Å². The number of aromatic nitrogens is 3. The molecule has 20 heavy (non-hydrogen) atoms. The van der Waals surface area contributed by atoms with E-state index in [9.17, 15) is 0 Å². The molecule has 0 spiro atoms. The second kappa shape index (κ2) is 7.11. The van der Waals surface area contributed by atoms with Gasteiger partial charge in [0.05, 0.1) is 10.0 Å². The van der Waals surface area contributed by atoms with E-state index in [1.807, 2.05) is 6.92 Å². The van der Waals surface area contributed by atoms with Crippen molar-refractivity contribution in [3.05, 3.63) is 34.1 Å². The van der Waals surface area contributed by atoms with Gasteiger partial charge in [-0.15, -0.1) is 0 Å². The molecule has 0 aliphatic carbocycles. The molecule has 4 nitrogen and oxygen atoms in total. The van der Waals surface area contributed by atoms with Crippen LogP contribution in [0, 0.1) is 6.92 Å². The first kappa shape index (κ1) is 15.4. The van der Waals surface area contributed by atoms with Gasteiger partial charge >= 0.3 is 0 Å². The first-order valence-electron chi connectivity index (χ1n) is 6.16. The Kier molecular flexibility index (Phi) is 5.46. The second-order valence-electron chi connectivity index (χ2n) is 4.18. The van der Waals surface area contributed by atoms with Gasteiger partial charge in [-0.2, -0.15) is 0 Å². The van der Waals surface area contributed by atoms with Crippen LogP contribution in [0.25, 0.3) is 0 Å². The molecular formula is C13H14Cl2N4S. The fourth-order valence-electron chi connectivity index (χ4n) is 1.41. The lowest BCUT2D eigenvalue weighted by Gasteiger charge is -2.09. The van der Waals surface area contributed by atoms with Gasteiger partial charge in [0.1, 0.15) is 10.8 Å². The highest BCUT2D eigenvalue weighted by Gasteiger charge is 2.11. The first-order chi connectivity index (χ1) is 9.60. The van der Waals surface area contributed by atoms with Crippen LogP contribution in [0.1, 0.15) is 18.9 Å². The van der Waals surface area contributed by atoms with E-state index in [1.54, 1.807) is 18.5 Å². The van der Waals surface area contributed by atoms with E-state index < -0.39 is 0 Å². The van der Waals surface area contributed by atoms with Crippen LogP contribution in [0.5, 0.6) is 0 Å². The number of nitrogens with one attached hydrogen (secondary N) is 1. The molecule has 106 valence electrons. The maximum absolute atomic E-state index is 6.17. The zero-order valence-electron chi connectivity index (χ0n) is 11.2. The van der Waals surface area contributed by atoms with Gasteiger partial charge in [-0.05, 0) is 36.7 Å². The summed E-state index contributed by atoms with van der Waals surface area (Å²) < 4.78 is 0. The van der Waals surface area contributed by atoms with Gasteiger partial charge in [0, 0.05) is 18.9 Å². The fourth-order valence-corrected chi connectivity index (χ4v) is 2.63. The van der Waals surface area contributed by atoms with Crippen molar-refractivity contribution in [1.29, 1.82) is 0 Å². The SMILES string of the molecule is CCCNc1nc(Sc2ncc(C)cn2)c(Cl)cc1Cl.